The number of likely N-dealkylation sites (tertiary alicyclic amines) is 1. The van der Waals surface area contributed by atoms with E-state index in [0.29, 0.717) is 31.2 Å². The van der Waals surface area contributed by atoms with Crippen LogP contribution in [0.2, 0.25) is 0 Å². The van der Waals surface area contributed by atoms with E-state index in [1.54, 1.807) is 12.0 Å². The Morgan fingerprint density at radius 1 is 1.14 bits per heavy atom. The third kappa shape index (κ3) is 4.70. The quantitative estimate of drug-likeness (QED) is 0.393. The lowest BCUT2D eigenvalue weighted by atomic mass is 9.74. The highest BCUT2D eigenvalue weighted by atomic mass is 16.5. The number of carbonyl (C=O) groups excluding carboxylic acids is 3. The van der Waals surface area contributed by atoms with Gasteiger partial charge in [-0.1, -0.05) is 57.4 Å². The van der Waals surface area contributed by atoms with Crippen molar-refractivity contribution in [1.82, 2.24) is 10.2 Å². The van der Waals surface area contributed by atoms with Crippen LogP contribution < -0.4 is 10.6 Å². The van der Waals surface area contributed by atoms with Crippen LogP contribution in [0.25, 0.3) is 0 Å². The summed E-state index contributed by atoms with van der Waals surface area (Å²) in [5, 5.41) is 6.21. The SMILES string of the molecule is COCCCN1C(=O)[C@@H]2C(C(=O)Nc3ccc(C(C)C)cc3)[C@@H]3C=CC2(O3)C1C(=O)NC1CCCCC1. The number of nitrogens with one attached hydrogen (secondary N) is 2. The van der Waals surface area contributed by atoms with Crippen LogP contribution in [0.15, 0.2) is 36.4 Å². The minimum Gasteiger partial charge on any atom is -0.385 e. The fourth-order valence-electron chi connectivity index (χ4n) is 6.59. The topological polar surface area (TPSA) is 97.0 Å². The predicted molar refractivity (Wildman–Crippen MR) is 140 cm³/mol. The summed E-state index contributed by atoms with van der Waals surface area (Å²) in [5.41, 5.74) is 0.744. The number of anilines is 1. The Labute approximate surface area is 219 Å². The largest absolute Gasteiger partial charge is 0.385 e. The minimum absolute atomic E-state index is 0.114. The fraction of sp³-hybridized carbons (Fsp3) is 0.621. The van der Waals surface area contributed by atoms with Crippen molar-refractivity contribution < 1.29 is 23.9 Å². The van der Waals surface area contributed by atoms with Gasteiger partial charge in [-0.15, -0.1) is 0 Å². The molecule has 2 N–H and O–H groups in total. The van der Waals surface area contributed by atoms with E-state index in [2.05, 4.69) is 24.5 Å². The molecule has 8 heteroatoms. The summed E-state index contributed by atoms with van der Waals surface area (Å²) in [7, 11) is 1.62. The highest BCUT2D eigenvalue weighted by Gasteiger charge is 2.72. The van der Waals surface area contributed by atoms with Crippen LogP contribution in [0.1, 0.15) is 63.9 Å². The first-order valence-electron chi connectivity index (χ1n) is 13.7. The molecular formula is C29H39N3O5. The zero-order chi connectivity index (χ0) is 26.2. The lowest BCUT2D eigenvalue weighted by molar-refractivity contribution is -0.141. The second-order valence-corrected chi connectivity index (χ2v) is 11.2. The molecular weight excluding hydrogens is 470 g/mol. The zero-order valence-corrected chi connectivity index (χ0v) is 22.1. The van der Waals surface area contributed by atoms with E-state index in [9.17, 15) is 14.4 Å². The fourth-order valence-corrected chi connectivity index (χ4v) is 6.59. The Hall–Kier alpha value is -2.71. The summed E-state index contributed by atoms with van der Waals surface area (Å²) in [6.07, 6.45) is 9.07. The van der Waals surface area contributed by atoms with Crippen molar-refractivity contribution in [2.24, 2.45) is 11.8 Å². The molecule has 3 heterocycles. The van der Waals surface area contributed by atoms with E-state index < -0.39 is 29.6 Å². The van der Waals surface area contributed by atoms with E-state index in [1.807, 2.05) is 36.4 Å². The Bertz CT molecular complexity index is 1050. The van der Waals surface area contributed by atoms with Gasteiger partial charge in [0.25, 0.3) is 0 Å². The molecule has 8 nitrogen and oxygen atoms in total. The van der Waals surface area contributed by atoms with Crippen molar-refractivity contribution in [3.05, 3.63) is 42.0 Å². The van der Waals surface area contributed by atoms with Gasteiger partial charge in [0.2, 0.25) is 17.7 Å². The molecule has 1 spiro atoms. The molecule has 5 rings (SSSR count). The van der Waals surface area contributed by atoms with Gasteiger partial charge < -0.3 is 25.0 Å². The number of ether oxygens (including phenoxy) is 2. The van der Waals surface area contributed by atoms with Crippen molar-refractivity contribution >= 4 is 23.4 Å². The molecule has 2 bridgehead atoms. The third-order valence-corrected chi connectivity index (χ3v) is 8.47. The molecule has 0 aromatic heterocycles. The molecule has 5 atom stereocenters. The molecule has 3 fully saturated rings. The lowest BCUT2D eigenvalue weighted by Gasteiger charge is -2.34. The van der Waals surface area contributed by atoms with Crippen molar-refractivity contribution in [3.63, 3.8) is 0 Å². The van der Waals surface area contributed by atoms with Crippen molar-refractivity contribution in [2.45, 2.75) is 82.1 Å². The molecule has 1 aromatic rings. The molecule has 2 saturated heterocycles. The zero-order valence-electron chi connectivity index (χ0n) is 22.1. The van der Waals surface area contributed by atoms with Crippen molar-refractivity contribution in [2.75, 3.05) is 25.6 Å². The van der Waals surface area contributed by atoms with Crippen LogP contribution in [0.4, 0.5) is 5.69 Å². The summed E-state index contributed by atoms with van der Waals surface area (Å²) >= 11 is 0. The van der Waals surface area contributed by atoms with Gasteiger partial charge in [-0.05, 0) is 42.9 Å². The molecule has 4 aliphatic rings. The number of carbonyl (C=O) groups is 3. The highest BCUT2D eigenvalue weighted by molar-refractivity contribution is 6.02. The normalized spacial score (nSPS) is 30.7. The van der Waals surface area contributed by atoms with Crippen LogP contribution >= 0.6 is 0 Å². The van der Waals surface area contributed by atoms with E-state index in [-0.39, 0.29) is 23.8 Å². The summed E-state index contributed by atoms with van der Waals surface area (Å²) in [4.78, 5) is 42.8. The molecule has 3 amide bonds. The second kappa shape index (κ2) is 10.6. The first-order chi connectivity index (χ1) is 17.9. The Morgan fingerprint density at radius 3 is 2.54 bits per heavy atom. The van der Waals surface area contributed by atoms with Gasteiger partial charge in [-0.25, -0.2) is 0 Å². The summed E-state index contributed by atoms with van der Waals surface area (Å²) in [5.74, 6) is -1.66. The molecule has 0 radical (unpaired) electrons. The van der Waals surface area contributed by atoms with Crippen LogP contribution in [0.5, 0.6) is 0 Å². The maximum Gasteiger partial charge on any atom is 0.246 e. The van der Waals surface area contributed by atoms with E-state index in [1.165, 1.54) is 12.0 Å². The smallest absolute Gasteiger partial charge is 0.246 e. The van der Waals surface area contributed by atoms with Gasteiger partial charge in [0.1, 0.15) is 11.6 Å². The van der Waals surface area contributed by atoms with E-state index >= 15 is 0 Å². The second-order valence-electron chi connectivity index (χ2n) is 11.2. The minimum atomic E-state index is -1.13. The lowest BCUT2D eigenvalue weighted by Crippen LogP contribution is -2.56. The van der Waals surface area contributed by atoms with Crippen LogP contribution in [0.3, 0.4) is 0 Å². The Kier molecular flexibility index (Phi) is 7.41. The third-order valence-electron chi connectivity index (χ3n) is 8.47. The standard InChI is InChI=1S/C29H39N3O5/c1-18(2)19-10-12-21(13-11-19)30-26(33)23-22-14-15-29(37-22)24(23)28(35)32(16-7-17-36-3)25(29)27(34)31-20-8-5-4-6-9-20/h10-15,18,20,22-25H,4-9,16-17H2,1-3H3,(H,30,33)(H,31,34)/t22-,23?,24-,25?,29?/m0/s1. The number of rotatable bonds is 9. The van der Waals surface area contributed by atoms with E-state index in [0.717, 1.165) is 25.7 Å². The van der Waals surface area contributed by atoms with Gasteiger partial charge in [-0.3, -0.25) is 14.4 Å². The number of hydrogen-bond donors (Lipinski definition) is 2. The molecule has 200 valence electrons. The maximum atomic E-state index is 13.9. The number of methoxy groups -OCH3 is 1. The average molecular weight is 510 g/mol. The number of fused-ring (bicyclic) bond motifs is 1. The first kappa shape index (κ1) is 25.9. The molecule has 1 saturated carbocycles. The molecule has 3 unspecified atom stereocenters. The predicted octanol–water partition coefficient (Wildman–Crippen LogP) is 3.38. The van der Waals surface area contributed by atoms with Crippen molar-refractivity contribution in [1.29, 1.82) is 0 Å². The van der Waals surface area contributed by atoms with Crippen molar-refractivity contribution in [3.8, 4) is 0 Å². The highest BCUT2D eigenvalue weighted by Crippen LogP contribution is 2.55. The van der Waals surface area contributed by atoms with Gasteiger partial charge in [0.05, 0.1) is 17.9 Å². The van der Waals surface area contributed by atoms with Gasteiger partial charge in [0.15, 0.2) is 0 Å². The number of amides is 3. The Balaban J connectivity index is 1.39. The summed E-state index contributed by atoms with van der Waals surface area (Å²) < 4.78 is 11.6. The van der Waals surface area contributed by atoms with Gasteiger partial charge in [-0.2, -0.15) is 0 Å². The molecule has 37 heavy (non-hydrogen) atoms. The number of benzene rings is 1. The van der Waals surface area contributed by atoms with Gasteiger partial charge in [0, 0.05) is 32.0 Å². The number of hydrogen-bond acceptors (Lipinski definition) is 5. The monoisotopic (exact) mass is 509 g/mol. The molecule has 1 aromatic carbocycles. The van der Waals surface area contributed by atoms with Crippen LogP contribution in [0, 0.1) is 11.8 Å². The average Bonchev–Trinajstić information content (AvgIpc) is 3.52. The molecule has 3 aliphatic heterocycles. The number of nitrogens with zero attached hydrogens (tertiary/aromatic N) is 1. The summed E-state index contributed by atoms with van der Waals surface area (Å²) in [6, 6.07) is 7.10. The van der Waals surface area contributed by atoms with Crippen LogP contribution in [-0.4, -0.2) is 66.7 Å². The van der Waals surface area contributed by atoms with Gasteiger partial charge >= 0.3 is 0 Å². The van der Waals surface area contributed by atoms with Crippen LogP contribution in [-0.2, 0) is 23.9 Å². The summed E-state index contributed by atoms with van der Waals surface area (Å²) in [6.45, 7) is 5.10. The first-order valence-corrected chi connectivity index (χ1v) is 13.7. The maximum absolute atomic E-state index is 13.9. The van der Waals surface area contributed by atoms with E-state index in [4.69, 9.17) is 9.47 Å². The Morgan fingerprint density at radius 2 is 1.86 bits per heavy atom. The molecule has 1 aliphatic carbocycles.